The van der Waals surface area contributed by atoms with Gasteiger partial charge in [0.1, 0.15) is 4.99 Å². The van der Waals surface area contributed by atoms with E-state index in [-0.39, 0.29) is 0 Å². The first-order valence-corrected chi connectivity index (χ1v) is 6.29. The molecule has 0 aliphatic rings. The second-order valence-corrected chi connectivity index (χ2v) is 4.81. The minimum atomic E-state index is 0.371. The van der Waals surface area contributed by atoms with Crippen molar-refractivity contribution in [3.05, 3.63) is 58.6 Å². The summed E-state index contributed by atoms with van der Waals surface area (Å²) in [7, 11) is 0. The third-order valence-electron chi connectivity index (χ3n) is 2.31. The molecular formula is C13H11BrN2S. The molecule has 0 bridgehead atoms. The Hall–Kier alpha value is -1.39. The third kappa shape index (κ3) is 2.84. The fraction of sp³-hybridized carbons (Fsp3) is 0. The molecule has 2 nitrogen and oxygen atoms in total. The van der Waals surface area contributed by atoms with Gasteiger partial charge >= 0.3 is 0 Å². The van der Waals surface area contributed by atoms with Crippen molar-refractivity contribution in [3.63, 3.8) is 0 Å². The predicted octanol–water partition coefficient (Wildman–Crippen LogP) is 3.83. The molecule has 0 radical (unpaired) electrons. The van der Waals surface area contributed by atoms with Crippen molar-refractivity contribution in [3.8, 4) is 0 Å². The van der Waals surface area contributed by atoms with Gasteiger partial charge in [-0.25, -0.2) is 0 Å². The van der Waals surface area contributed by atoms with E-state index in [0.717, 1.165) is 21.4 Å². The zero-order valence-electron chi connectivity index (χ0n) is 8.98. The van der Waals surface area contributed by atoms with E-state index in [9.17, 15) is 0 Å². The van der Waals surface area contributed by atoms with Gasteiger partial charge in [0.15, 0.2) is 0 Å². The lowest BCUT2D eigenvalue weighted by atomic mass is 10.1. The quantitative estimate of drug-likeness (QED) is 0.847. The Labute approximate surface area is 114 Å². The largest absolute Gasteiger partial charge is 0.389 e. The molecule has 0 aliphatic carbocycles. The van der Waals surface area contributed by atoms with Crippen molar-refractivity contribution in [1.29, 1.82) is 0 Å². The maximum atomic E-state index is 5.73. The first kappa shape index (κ1) is 12.1. The van der Waals surface area contributed by atoms with E-state index in [4.69, 9.17) is 18.0 Å². The first-order valence-electron chi connectivity index (χ1n) is 5.09. The molecule has 0 saturated heterocycles. The first-order chi connectivity index (χ1) is 8.18. The number of hydrogen-bond donors (Lipinski definition) is 2. The van der Waals surface area contributed by atoms with E-state index in [2.05, 4.69) is 21.2 Å². The van der Waals surface area contributed by atoms with Crippen molar-refractivity contribution in [2.24, 2.45) is 5.73 Å². The van der Waals surface area contributed by atoms with Crippen LogP contribution in [0.15, 0.2) is 53.0 Å². The number of hydrogen-bond acceptors (Lipinski definition) is 2. The van der Waals surface area contributed by atoms with Gasteiger partial charge in [-0.3, -0.25) is 0 Å². The summed E-state index contributed by atoms with van der Waals surface area (Å²) in [5.41, 5.74) is 8.46. The van der Waals surface area contributed by atoms with E-state index in [1.54, 1.807) is 0 Å². The SMILES string of the molecule is NC(=S)c1c(Br)cccc1Nc1ccccc1. The highest BCUT2D eigenvalue weighted by Crippen LogP contribution is 2.27. The van der Waals surface area contributed by atoms with Crippen LogP contribution in [0, 0.1) is 0 Å². The number of rotatable bonds is 3. The number of halogens is 1. The smallest absolute Gasteiger partial charge is 0.107 e. The average molecular weight is 307 g/mol. The van der Waals surface area contributed by atoms with Crippen molar-refractivity contribution in [2.45, 2.75) is 0 Å². The van der Waals surface area contributed by atoms with Crippen LogP contribution in [0.3, 0.4) is 0 Å². The van der Waals surface area contributed by atoms with Crippen molar-refractivity contribution < 1.29 is 0 Å². The fourth-order valence-corrected chi connectivity index (χ4v) is 2.49. The lowest BCUT2D eigenvalue weighted by molar-refractivity contribution is 1.50. The molecule has 0 heterocycles. The van der Waals surface area contributed by atoms with E-state index >= 15 is 0 Å². The molecule has 2 rings (SSSR count). The molecule has 2 aromatic rings. The van der Waals surface area contributed by atoms with Crippen LogP contribution in [0.4, 0.5) is 11.4 Å². The number of nitrogens with one attached hydrogen (secondary N) is 1. The van der Waals surface area contributed by atoms with E-state index in [1.807, 2.05) is 48.5 Å². The zero-order valence-corrected chi connectivity index (χ0v) is 11.4. The second kappa shape index (κ2) is 5.29. The number of para-hydroxylation sites is 1. The Morgan fingerprint density at radius 1 is 1.06 bits per heavy atom. The van der Waals surface area contributed by atoms with Crippen LogP contribution in [0.5, 0.6) is 0 Å². The maximum absolute atomic E-state index is 5.73. The van der Waals surface area contributed by atoms with Gasteiger partial charge < -0.3 is 11.1 Å². The highest BCUT2D eigenvalue weighted by atomic mass is 79.9. The summed E-state index contributed by atoms with van der Waals surface area (Å²) in [6, 6.07) is 15.7. The fourth-order valence-electron chi connectivity index (χ4n) is 1.56. The molecule has 2 aromatic carbocycles. The van der Waals surface area contributed by atoms with Gasteiger partial charge in [0.05, 0.1) is 0 Å². The zero-order chi connectivity index (χ0) is 12.3. The van der Waals surface area contributed by atoms with Gasteiger partial charge in [-0.2, -0.15) is 0 Å². The van der Waals surface area contributed by atoms with Crippen LogP contribution < -0.4 is 11.1 Å². The van der Waals surface area contributed by atoms with Gasteiger partial charge in [0, 0.05) is 21.4 Å². The molecule has 0 fully saturated rings. The molecule has 0 aliphatic heterocycles. The lowest BCUT2D eigenvalue weighted by Crippen LogP contribution is -2.12. The topological polar surface area (TPSA) is 38.0 Å². The third-order valence-corrected chi connectivity index (χ3v) is 3.18. The Morgan fingerprint density at radius 3 is 2.41 bits per heavy atom. The number of anilines is 2. The van der Waals surface area contributed by atoms with Crippen LogP contribution in [-0.2, 0) is 0 Å². The standard InChI is InChI=1S/C13H11BrN2S/c14-10-7-4-8-11(12(10)13(15)17)16-9-5-2-1-3-6-9/h1-8,16H,(H2,15,17). The molecule has 3 N–H and O–H groups in total. The molecule has 0 saturated carbocycles. The average Bonchev–Trinajstić information content (AvgIpc) is 2.30. The Kier molecular flexibility index (Phi) is 3.76. The summed E-state index contributed by atoms with van der Waals surface area (Å²) in [5.74, 6) is 0. The minimum Gasteiger partial charge on any atom is -0.389 e. The minimum absolute atomic E-state index is 0.371. The summed E-state index contributed by atoms with van der Waals surface area (Å²) in [4.78, 5) is 0.371. The normalized spacial score (nSPS) is 9.94. The van der Waals surface area contributed by atoms with Gasteiger partial charge in [0.25, 0.3) is 0 Å². The Bertz CT molecular complexity index is 540. The molecule has 17 heavy (non-hydrogen) atoms. The molecule has 86 valence electrons. The Balaban J connectivity index is 2.40. The van der Waals surface area contributed by atoms with Crippen LogP contribution in [0.25, 0.3) is 0 Å². The molecule has 4 heteroatoms. The van der Waals surface area contributed by atoms with Crippen molar-refractivity contribution in [1.82, 2.24) is 0 Å². The summed E-state index contributed by atoms with van der Waals surface area (Å²) in [6.07, 6.45) is 0. The van der Waals surface area contributed by atoms with Gasteiger partial charge in [-0.05, 0) is 40.2 Å². The van der Waals surface area contributed by atoms with Gasteiger partial charge in [0.2, 0.25) is 0 Å². The van der Waals surface area contributed by atoms with Gasteiger partial charge in [-0.15, -0.1) is 0 Å². The molecule has 0 aromatic heterocycles. The number of thiocarbonyl (C=S) groups is 1. The monoisotopic (exact) mass is 306 g/mol. The molecule has 0 amide bonds. The second-order valence-electron chi connectivity index (χ2n) is 3.52. The number of benzene rings is 2. The van der Waals surface area contributed by atoms with Crippen LogP contribution >= 0.6 is 28.1 Å². The van der Waals surface area contributed by atoms with E-state index in [1.165, 1.54) is 0 Å². The van der Waals surface area contributed by atoms with Crippen molar-refractivity contribution in [2.75, 3.05) is 5.32 Å². The predicted molar refractivity (Wildman–Crippen MR) is 79.8 cm³/mol. The summed E-state index contributed by atoms with van der Waals surface area (Å²) in [5, 5.41) is 3.30. The van der Waals surface area contributed by atoms with Crippen molar-refractivity contribution >= 4 is 44.5 Å². The van der Waals surface area contributed by atoms with Gasteiger partial charge in [-0.1, -0.05) is 36.5 Å². The van der Waals surface area contributed by atoms with E-state index < -0.39 is 0 Å². The number of nitrogens with two attached hydrogens (primary N) is 1. The highest BCUT2D eigenvalue weighted by molar-refractivity contribution is 9.10. The summed E-state index contributed by atoms with van der Waals surface area (Å²) in [6.45, 7) is 0. The maximum Gasteiger partial charge on any atom is 0.107 e. The summed E-state index contributed by atoms with van der Waals surface area (Å²) >= 11 is 8.51. The lowest BCUT2D eigenvalue weighted by Gasteiger charge is -2.12. The van der Waals surface area contributed by atoms with E-state index in [0.29, 0.717) is 4.99 Å². The molecule has 0 atom stereocenters. The van der Waals surface area contributed by atoms with Crippen LogP contribution in [0.1, 0.15) is 5.56 Å². The highest BCUT2D eigenvalue weighted by Gasteiger charge is 2.09. The molecule has 0 unspecified atom stereocenters. The van der Waals surface area contributed by atoms with Crippen LogP contribution in [-0.4, -0.2) is 4.99 Å². The van der Waals surface area contributed by atoms with Crippen LogP contribution in [0.2, 0.25) is 0 Å². The molecule has 0 spiro atoms. The summed E-state index contributed by atoms with van der Waals surface area (Å²) < 4.78 is 0.894. The Morgan fingerprint density at radius 2 is 1.76 bits per heavy atom. The molecular weight excluding hydrogens is 296 g/mol.